The van der Waals surface area contributed by atoms with E-state index in [9.17, 15) is 4.79 Å². The van der Waals surface area contributed by atoms with Gasteiger partial charge in [-0.1, -0.05) is 54.6 Å². The van der Waals surface area contributed by atoms with Crippen LogP contribution in [0.3, 0.4) is 0 Å². The first-order chi connectivity index (χ1) is 10.8. The fraction of sp³-hybridized carbons (Fsp3) is 0.105. The normalized spacial score (nSPS) is 13.2. The van der Waals surface area contributed by atoms with Crippen molar-refractivity contribution in [1.82, 2.24) is 0 Å². The van der Waals surface area contributed by atoms with Crippen molar-refractivity contribution < 1.29 is 14.3 Å². The highest BCUT2D eigenvalue weighted by atomic mass is 16.5. The smallest absolute Gasteiger partial charge is 0.337 e. The molecule has 1 aliphatic rings. The maximum atomic E-state index is 12.0. The molecule has 1 aliphatic heterocycles. The van der Waals surface area contributed by atoms with Gasteiger partial charge in [0.1, 0.15) is 19.0 Å². The van der Waals surface area contributed by atoms with E-state index in [0.717, 1.165) is 16.9 Å². The Morgan fingerprint density at radius 2 is 1.86 bits per heavy atom. The zero-order valence-corrected chi connectivity index (χ0v) is 12.1. The molecule has 0 amide bonds. The molecule has 22 heavy (non-hydrogen) atoms. The predicted molar refractivity (Wildman–Crippen MR) is 86.3 cm³/mol. The Morgan fingerprint density at radius 1 is 1.09 bits per heavy atom. The zero-order valence-electron chi connectivity index (χ0n) is 12.1. The van der Waals surface area contributed by atoms with Crippen molar-refractivity contribution in [2.75, 3.05) is 13.2 Å². The van der Waals surface area contributed by atoms with Gasteiger partial charge < -0.3 is 9.47 Å². The molecular weight excluding hydrogens is 276 g/mol. The van der Waals surface area contributed by atoms with Crippen molar-refractivity contribution in [3.05, 3.63) is 77.4 Å². The molecule has 0 bridgehead atoms. The third kappa shape index (κ3) is 3.44. The van der Waals surface area contributed by atoms with Gasteiger partial charge in [0.05, 0.1) is 5.57 Å². The summed E-state index contributed by atoms with van der Waals surface area (Å²) in [6.07, 6.45) is 5.57. The van der Waals surface area contributed by atoms with Crippen LogP contribution in [0.5, 0.6) is 5.75 Å². The van der Waals surface area contributed by atoms with Crippen molar-refractivity contribution in [2.24, 2.45) is 0 Å². The summed E-state index contributed by atoms with van der Waals surface area (Å²) < 4.78 is 10.8. The van der Waals surface area contributed by atoms with Gasteiger partial charge in [-0.3, -0.25) is 0 Å². The largest absolute Gasteiger partial charge is 0.488 e. The Morgan fingerprint density at radius 3 is 2.73 bits per heavy atom. The number of rotatable bonds is 4. The fourth-order valence-electron chi connectivity index (χ4n) is 2.20. The summed E-state index contributed by atoms with van der Waals surface area (Å²) in [6, 6.07) is 17.5. The van der Waals surface area contributed by atoms with Gasteiger partial charge in [-0.2, -0.15) is 0 Å². The second-order valence-corrected chi connectivity index (χ2v) is 4.91. The molecule has 3 nitrogen and oxygen atoms in total. The van der Waals surface area contributed by atoms with E-state index in [1.54, 1.807) is 0 Å². The fourth-order valence-corrected chi connectivity index (χ4v) is 2.20. The number of esters is 1. The van der Waals surface area contributed by atoms with E-state index >= 15 is 0 Å². The van der Waals surface area contributed by atoms with Gasteiger partial charge in [0.2, 0.25) is 0 Å². The highest BCUT2D eigenvalue weighted by Crippen LogP contribution is 2.25. The average Bonchev–Trinajstić information content (AvgIpc) is 2.59. The van der Waals surface area contributed by atoms with Gasteiger partial charge in [0.15, 0.2) is 0 Å². The monoisotopic (exact) mass is 292 g/mol. The summed E-state index contributed by atoms with van der Waals surface area (Å²) >= 11 is 0. The topological polar surface area (TPSA) is 35.5 Å². The Hall–Kier alpha value is -2.81. The molecule has 0 aromatic heterocycles. The van der Waals surface area contributed by atoms with E-state index in [0.29, 0.717) is 5.57 Å². The quantitative estimate of drug-likeness (QED) is 0.806. The number of fused-ring (bicyclic) bond motifs is 1. The van der Waals surface area contributed by atoms with Crippen molar-refractivity contribution in [1.29, 1.82) is 0 Å². The lowest BCUT2D eigenvalue weighted by atomic mass is 10.1. The molecule has 0 atom stereocenters. The van der Waals surface area contributed by atoms with Crippen LogP contribution in [0.1, 0.15) is 11.1 Å². The minimum absolute atomic E-state index is 0.243. The summed E-state index contributed by atoms with van der Waals surface area (Å²) in [5.74, 6) is 0.454. The molecule has 0 spiro atoms. The van der Waals surface area contributed by atoms with E-state index < -0.39 is 0 Å². The molecule has 0 aliphatic carbocycles. The molecule has 2 aromatic carbocycles. The lowest BCUT2D eigenvalue weighted by Gasteiger charge is -2.16. The van der Waals surface area contributed by atoms with Crippen molar-refractivity contribution in [3.8, 4) is 5.75 Å². The van der Waals surface area contributed by atoms with E-state index in [-0.39, 0.29) is 19.2 Å². The SMILES string of the molecule is O=C(OC/C=C/c1ccccc1)C1=Cc2ccccc2OC1. The third-order valence-corrected chi connectivity index (χ3v) is 3.31. The van der Waals surface area contributed by atoms with E-state index in [1.807, 2.05) is 72.8 Å². The standard InChI is InChI=1S/C19H16O3/c20-19(21-12-6-9-15-7-2-1-3-8-15)17-13-16-10-4-5-11-18(16)22-14-17/h1-11,13H,12,14H2/b9-6+. The van der Waals surface area contributed by atoms with Gasteiger partial charge in [0.25, 0.3) is 0 Å². The molecule has 1 heterocycles. The summed E-state index contributed by atoms with van der Waals surface area (Å²) in [6.45, 7) is 0.491. The summed E-state index contributed by atoms with van der Waals surface area (Å²) in [7, 11) is 0. The van der Waals surface area contributed by atoms with Crippen LogP contribution in [-0.4, -0.2) is 19.2 Å². The van der Waals surface area contributed by atoms with E-state index in [1.165, 1.54) is 0 Å². The lowest BCUT2D eigenvalue weighted by molar-refractivity contribution is -0.138. The van der Waals surface area contributed by atoms with Crippen LogP contribution >= 0.6 is 0 Å². The first kappa shape index (κ1) is 14.1. The molecule has 3 heteroatoms. The van der Waals surface area contributed by atoms with E-state index in [4.69, 9.17) is 9.47 Å². The number of hydrogen-bond donors (Lipinski definition) is 0. The predicted octanol–water partition coefficient (Wildman–Crippen LogP) is 3.72. The van der Waals surface area contributed by atoms with Crippen molar-refractivity contribution in [2.45, 2.75) is 0 Å². The van der Waals surface area contributed by atoms with Crippen molar-refractivity contribution in [3.63, 3.8) is 0 Å². The third-order valence-electron chi connectivity index (χ3n) is 3.31. The van der Waals surface area contributed by atoms with Crippen LogP contribution in [0.4, 0.5) is 0 Å². The second kappa shape index (κ2) is 6.76. The van der Waals surface area contributed by atoms with Crippen LogP contribution in [0.15, 0.2) is 66.2 Å². The van der Waals surface area contributed by atoms with E-state index in [2.05, 4.69) is 0 Å². The number of benzene rings is 2. The summed E-state index contributed by atoms with van der Waals surface area (Å²) in [5, 5.41) is 0. The van der Waals surface area contributed by atoms with Crippen LogP contribution < -0.4 is 4.74 Å². The van der Waals surface area contributed by atoms with Gasteiger partial charge in [0, 0.05) is 5.56 Å². The molecule has 0 radical (unpaired) electrons. The maximum absolute atomic E-state index is 12.0. The van der Waals surface area contributed by atoms with Gasteiger partial charge in [-0.25, -0.2) is 4.79 Å². The molecule has 0 saturated carbocycles. The number of ether oxygens (including phenoxy) is 2. The van der Waals surface area contributed by atoms with Crippen LogP contribution in [0.2, 0.25) is 0 Å². The molecule has 3 rings (SSSR count). The molecular formula is C19H16O3. The number of carbonyl (C=O) groups excluding carboxylic acids is 1. The molecule has 0 saturated heterocycles. The first-order valence-electron chi connectivity index (χ1n) is 7.14. The molecule has 0 N–H and O–H groups in total. The average molecular weight is 292 g/mol. The number of hydrogen-bond acceptors (Lipinski definition) is 3. The maximum Gasteiger partial charge on any atom is 0.337 e. The van der Waals surface area contributed by atoms with Gasteiger partial charge in [-0.15, -0.1) is 0 Å². The first-order valence-corrected chi connectivity index (χ1v) is 7.14. The van der Waals surface area contributed by atoms with Crippen LogP contribution in [-0.2, 0) is 9.53 Å². The zero-order chi connectivity index (χ0) is 15.2. The Kier molecular flexibility index (Phi) is 4.35. The highest BCUT2D eigenvalue weighted by molar-refractivity contribution is 5.95. The minimum atomic E-state index is -0.341. The molecule has 0 fully saturated rings. The number of carbonyl (C=O) groups is 1. The summed E-state index contributed by atoms with van der Waals surface area (Å²) in [4.78, 5) is 12.0. The molecule has 110 valence electrons. The molecule has 0 unspecified atom stereocenters. The van der Waals surface area contributed by atoms with Crippen LogP contribution in [0.25, 0.3) is 12.2 Å². The highest BCUT2D eigenvalue weighted by Gasteiger charge is 2.17. The molecule has 2 aromatic rings. The Labute approximate surface area is 129 Å². The lowest BCUT2D eigenvalue weighted by Crippen LogP contribution is -2.17. The van der Waals surface area contributed by atoms with Gasteiger partial charge >= 0.3 is 5.97 Å². The van der Waals surface area contributed by atoms with Crippen LogP contribution in [0, 0.1) is 0 Å². The number of para-hydroxylation sites is 1. The Balaban J connectivity index is 1.57. The minimum Gasteiger partial charge on any atom is -0.488 e. The summed E-state index contributed by atoms with van der Waals surface area (Å²) in [5.41, 5.74) is 2.51. The van der Waals surface area contributed by atoms with Crippen molar-refractivity contribution >= 4 is 18.1 Å². The Bertz CT molecular complexity index is 714. The second-order valence-electron chi connectivity index (χ2n) is 4.91. The van der Waals surface area contributed by atoms with Gasteiger partial charge in [-0.05, 0) is 23.8 Å².